The van der Waals surface area contributed by atoms with Crippen molar-refractivity contribution in [2.75, 3.05) is 7.11 Å². The molecule has 0 aliphatic rings. The van der Waals surface area contributed by atoms with E-state index in [0.717, 1.165) is 22.6 Å². The zero-order valence-corrected chi connectivity index (χ0v) is 10.8. The molecule has 0 saturated heterocycles. The minimum atomic E-state index is -0.682. The van der Waals surface area contributed by atoms with Crippen molar-refractivity contribution in [3.8, 4) is 5.75 Å². The first-order valence-corrected chi connectivity index (χ1v) is 5.84. The van der Waals surface area contributed by atoms with Gasteiger partial charge in [0.1, 0.15) is 17.6 Å². The molecule has 1 N–H and O–H groups in total. The number of aromatic nitrogens is 1. The molecular formula is C14H17NO3. The predicted molar refractivity (Wildman–Crippen MR) is 67.6 cm³/mol. The fourth-order valence-corrected chi connectivity index (χ4v) is 2.04. The Kier molecular flexibility index (Phi) is 3.67. The third-order valence-electron chi connectivity index (χ3n) is 3.01. The molecular weight excluding hydrogens is 230 g/mol. The summed E-state index contributed by atoms with van der Waals surface area (Å²) in [5, 5.41) is 10.0. The van der Waals surface area contributed by atoms with Crippen LogP contribution in [-0.4, -0.2) is 17.2 Å². The van der Waals surface area contributed by atoms with Crippen molar-refractivity contribution < 1.29 is 14.3 Å². The minimum Gasteiger partial charge on any atom is -0.496 e. The first kappa shape index (κ1) is 12.6. The van der Waals surface area contributed by atoms with Crippen LogP contribution in [-0.2, 0) is 6.42 Å². The molecule has 0 amide bonds. The van der Waals surface area contributed by atoms with E-state index in [-0.39, 0.29) is 0 Å². The molecule has 1 atom stereocenters. The third-order valence-corrected chi connectivity index (χ3v) is 3.01. The quantitative estimate of drug-likeness (QED) is 0.902. The van der Waals surface area contributed by atoms with Gasteiger partial charge in [-0.15, -0.1) is 0 Å². The van der Waals surface area contributed by atoms with Gasteiger partial charge in [-0.05, 0) is 26.0 Å². The van der Waals surface area contributed by atoms with Crippen LogP contribution in [0.25, 0.3) is 0 Å². The minimum absolute atomic E-state index is 0.413. The van der Waals surface area contributed by atoms with E-state index in [1.165, 1.54) is 0 Å². The van der Waals surface area contributed by atoms with Crippen LogP contribution in [0.15, 0.2) is 29.0 Å². The highest BCUT2D eigenvalue weighted by atomic mass is 16.5. The first-order chi connectivity index (χ1) is 8.63. The van der Waals surface area contributed by atoms with Gasteiger partial charge in [0.2, 0.25) is 0 Å². The second kappa shape index (κ2) is 5.23. The van der Waals surface area contributed by atoms with Gasteiger partial charge in [0, 0.05) is 29.4 Å². The molecule has 2 aromatic heterocycles. The lowest BCUT2D eigenvalue weighted by Crippen LogP contribution is -2.06. The van der Waals surface area contributed by atoms with E-state index >= 15 is 0 Å². The average molecular weight is 247 g/mol. The van der Waals surface area contributed by atoms with Gasteiger partial charge in [-0.1, -0.05) is 0 Å². The number of furan rings is 1. The van der Waals surface area contributed by atoms with Crippen molar-refractivity contribution >= 4 is 0 Å². The molecule has 1 unspecified atom stereocenters. The molecule has 0 fully saturated rings. The maximum atomic E-state index is 10.0. The number of aliphatic hydroxyl groups excluding tert-OH is 1. The molecule has 18 heavy (non-hydrogen) atoms. The fourth-order valence-electron chi connectivity index (χ4n) is 2.04. The topological polar surface area (TPSA) is 55.5 Å². The van der Waals surface area contributed by atoms with Crippen LogP contribution < -0.4 is 4.74 Å². The summed E-state index contributed by atoms with van der Waals surface area (Å²) in [7, 11) is 1.64. The summed E-state index contributed by atoms with van der Waals surface area (Å²) >= 11 is 0. The SMILES string of the molecule is COc1c(C)cnc(CC(O)c2ccco2)c1C. The smallest absolute Gasteiger partial charge is 0.132 e. The van der Waals surface area contributed by atoms with Gasteiger partial charge < -0.3 is 14.3 Å². The Hall–Kier alpha value is -1.81. The Morgan fingerprint density at radius 2 is 2.22 bits per heavy atom. The Balaban J connectivity index is 2.24. The Morgan fingerprint density at radius 3 is 2.83 bits per heavy atom. The van der Waals surface area contributed by atoms with Gasteiger partial charge in [-0.2, -0.15) is 0 Å². The molecule has 2 heterocycles. The molecule has 0 aliphatic carbocycles. The van der Waals surface area contributed by atoms with Crippen molar-refractivity contribution in [1.82, 2.24) is 4.98 Å². The van der Waals surface area contributed by atoms with Crippen molar-refractivity contribution in [2.24, 2.45) is 0 Å². The molecule has 4 heteroatoms. The van der Waals surface area contributed by atoms with Crippen molar-refractivity contribution in [3.63, 3.8) is 0 Å². The molecule has 0 saturated carbocycles. The second-order valence-electron chi connectivity index (χ2n) is 4.28. The standard InChI is InChI=1S/C14H17NO3/c1-9-8-15-11(10(2)14(9)17-3)7-12(16)13-5-4-6-18-13/h4-6,8,12,16H,7H2,1-3H3. The van der Waals surface area contributed by atoms with E-state index in [0.29, 0.717) is 12.2 Å². The van der Waals surface area contributed by atoms with Crippen molar-refractivity contribution in [3.05, 3.63) is 47.2 Å². The summed E-state index contributed by atoms with van der Waals surface area (Å²) in [4.78, 5) is 4.35. The Bertz CT molecular complexity index is 520. The largest absolute Gasteiger partial charge is 0.496 e. The highest BCUT2D eigenvalue weighted by molar-refractivity contribution is 5.41. The lowest BCUT2D eigenvalue weighted by molar-refractivity contribution is 0.149. The lowest BCUT2D eigenvalue weighted by Gasteiger charge is -2.14. The van der Waals surface area contributed by atoms with E-state index in [4.69, 9.17) is 9.15 Å². The van der Waals surface area contributed by atoms with Gasteiger partial charge in [-0.25, -0.2) is 0 Å². The zero-order chi connectivity index (χ0) is 13.1. The van der Waals surface area contributed by atoms with Crippen molar-refractivity contribution in [1.29, 1.82) is 0 Å². The number of hydrogen-bond acceptors (Lipinski definition) is 4. The van der Waals surface area contributed by atoms with Gasteiger partial charge >= 0.3 is 0 Å². The maximum absolute atomic E-state index is 10.0. The van der Waals surface area contributed by atoms with Gasteiger partial charge in [0.25, 0.3) is 0 Å². The van der Waals surface area contributed by atoms with E-state index in [2.05, 4.69) is 4.98 Å². The molecule has 2 rings (SSSR count). The average Bonchev–Trinajstić information content (AvgIpc) is 2.87. The Morgan fingerprint density at radius 1 is 1.44 bits per heavy atom. The number of ether oxygens (including phenoxy) is 1. The molecule has 0 bridgehead atoms. The van der Waals surface area contributed by atoms with Gasteiger partial charge in [0.05, 0.1) is 13.4 Å². The summed E-state index contributed by atoms with van der Waals surface area (Å²) in [6.07, 6.45) is 3.04. The molecule has 0 aromatic carbocycles. The summed E-state index contributed by atoms with van der Waals surface area (Å²) in [5.74, 6) is 1.38. The predicted octanol–water partition coefficient (Wildman–Crippen LogP) is 2.58. The van der Waals surface area contributed by atoms with Crippen LogP contribution in [0, 0.1) is 13.8 Å². The number of rotatable bonds is 4. The summed E-state index contributed by atoms with van der Waals surface area (Å²) in [5.41, 5.74) is 2.77. The number of hydrogen-bond donors (Lipinski definition) is 1. The number of methoxy groups -OCH3 is 1. The number of pyridine rings is 1. The molecule has 0 aliphatic heterocycles. The summed E-state index contributed by atoms with van der Waals surface area (Å²) < 4.78 is 10.5. The van der Waals surface area contributed by atoms with Crippen LogP contribution >= 0.6 is 0 Å². The summed E-state index contributed by atoms with van der Waals surface area (Å²) in [6.45, 7) is 3.90. The van der Waals surface area contributed by atoms with Crippen LogP contribution in [0.2, 0.25) is 0 Å². The Labute approximate surface area is 106 Å². The van der Waals surface area contributed by atoms with E-state index in [1.807, 2.05) is 13.8 Å². The molecule has 4 nitrogen and oxygen atoms in total. The molecule has 2 aromatic rings. The number of aliphatic hydroxyl groups is 1. The number of nitrogens with zero attached hydrogens (tertiary/aromatic N) is 1. The monoisotopic (exact) mass is 247 g/mol. The van der Waals surface area contributed by atoms with Crippen LogP contribution in [0.3, 0.4) is 0 Å². The van der Waals surface area contributed by atoms with E-state index in [1.54, 1.807) is 31.7 Å². The van der Waals surface area contributed by atoms with Crippen molar-refractivity contribution in [2.45, 2.75) is 26.4 Å². The van der Waals surface area contributed by atoms with Crippen LogP contribution in [0.1, 0.15) is 28.7 Å². The van der Waals surface area contributed by atoms with Crippen LogP contribution in [0.4, 0.5) is 0 Å². The fraction of sp³-hybridized carbons (Fsp3) is 0.357. The zero-order valence-electron chi connectivity index (χ0n) is 10.8. The van der Waals surface area contributed by atoms with Gasteiger partial charge in [0.15, 0.2) is 0 Å². The summed E-state index contributed by atoms with van der Waals surface area (Å²) in [6, 6.07) is 3.51. The molecule has 0 spiro atoms. The molecule has 0 radical (unpaired) electrons. The normalized spacial score (nSPS) is 12.4. The first-order valence-electron chi connectivity index (χ1n) is 5.84. The lowest BCUT2D eigenvalue weighted by atomic mass is 10.0. The van der Waals surface area contributed by atoms with Gasteiger partial charge in [-0.3, -0.25) is 4.98 Å². The van der Waals surface area contributed by atoms with E-state index < -0.39 is 6.10 Å². The molecule has 96 valence electrons. The highest BCUT2D eigenvalue weighted by Gasteiger charge is 2.16. The number of aryl methyl sites for hydroxylation is 1. The maximum Gasteiger partial charge on any atom is 0.132 e. The highest BCUT2D eigenvalue weighted by Crippen LogP contribution is 2.27. The third kappa shape index (κ3) is 2.38. The van der Waals surface area contributed by atoms with E-state index in [9.17, 15) is 5.11 Å². The second-order valence-corrected chi connectivity index (χ2v) is 4.28. The van der Waals surface area contributed by atoms with Crippen LogP contribution in [0.5, 0.6) is 5.75 Å².